The zero-order valence-electron chi connectivity index (χ0n) is 14.5. The highest BCUT2D eigenvalue weighted by Gasteiger charge is 2.31. The first-order chi connectivity index (χ1) is 9.94. The van der Waals surface area contributed by atoms with Crippen molar-refractivity contribution in [1.29, 1.82) is 0 Å². The Balaban J connectivity index is 2.09. The van der Waals surface area contributed by atoms with Crippen molar-refractivity contribution in [3.8, 4) is 0 Å². The Morgan fingerprint density at radius 2 is 1.55 bits per heavy atom. The molecule has 0 atom stereocenters. The van der Waals surface area contributed by atoms with Crippen LogP contribution in [0.3, 0.4) is 0 Å². The molecule has 1 fully saturated rings. The summed E-state index contributed by atoms with van der Waals surface area (Å²) < 4.78 is 15.7. The van der Waals surface area contributed by atoms with E-state index in [0.29, 0.717) is 12.5 Å². The number of alkyl carbamates (subject to hydrolysis) is 1. The maximum Gasteiger partial charge on any atom is 0.407 e. The average molecular weight is 315 g/mol. The summed E-state index contributed by atoms with van der Waals surface area (Å²) >= 11 is 0. The molecule has 0 saturated heterocycles. The normalized spacial score (nSPS) is 21.7. The molecule has 0 heterocycles. The van der Waals surface area contributed by atoms with Crippen LogP contribution >= 0.6 is 0 Å². The summed E-state index contributed by atoms with van der Waals surface area (Å²) in [6.45, 7) is 11.4. The van der Waals surface area contributed by atoms with Crippen molar-refractivity contribution in [2.45, 2.75) is 71.6 Å². The number of nitrogens with one attached hydrogen (secondary N) is 1. The summed E-state index contributed by atoms with van der Waals surface area (Å²) in [6, 6.07) is 0.130. The van der Waals surface area contributed by atoms with Crippen LogP contribution in [0.1, 0.15) is 54.4 Å². The van der Waals surface area contributed by atoms with E-state index in [0.717, 1.165) is 12.8 Å². The lowest BCUT2D eigenvalue weighted by molar-refractivity contribution is -0.161. The van der Waals surface area contributed by atoms with E-state index in [9.17, 15) is 9.59 Å². The van der Waals surface area contributed by atoms with Gasteiger partial charge in [-0.15, -0.1) is 0 Å². The van der Waals surface area contributed by atoms with Gasteiger partial charge < -0.3 is 19.5 Å². The number of esters is 1. The topological polar surface area (TPSA) is 73.9 Å². The molecule has 1 N–H and O–H groups in total. The van der Waals surface area contributed by atoms with E-state index in [1.807, 2.05) is 41.5 Å². The second-order valence-corrected chi connectivity index (χ2v) is 7.78. The zero-order chi connectivity index (χ0) is 17.0. The van der Waals surface area contributed by atoms with Crippen molar-refractivity contribution < 1.29 is 23.8 Å². The first kappa shape index (κ1) is 18.7. The molecule has 6 nitrogen and oxygen atoms in total. The number of hydrogen-bond acceptors (Lipinski definition) is 5. The Hall–Kier alpha value is -1.30. The lowest BCUT2D eigenvalue weighted by Gasteiger charge is -2.35. The molecular formula is C16H29NO5. The fraction of sp³-hybridized carbons (Fsp3) is 0.875. The molecule has 1 aliphatic carbocycles. The fourth-order valence-corrected chi connectivity index (χ4v) is 2.14. The minimum atomic E-state index is -0.487. The predicted octanol–water partition coefficient (Wildman–Crippen LogP) is 2.65. The van der Waals surface area contributed by atoms with Gasteiger partial charge in [0, 0.05) is 6.04 Å². The number of rotatable bonds is 5. The summed E-state index contributed by atoms with van der Waals surface area (Å²) in [5.74, 6) is 0.0117. The molecule has 6 heteroatoms. The summed E-state index contributed by atoms with van der Waals surface area (Å²) in [6.07, 6.45) is 1.30. The molecule has 0 aromatic rings. The quantitative estimate of drug-likeness (QED) is 0.790. The molecule has 0 spiro atoms. The Morgan fingerprint density at radius 3 is 2.05 bits per heavy atom. The van der Waals surface area contributed by atoms with Gasteiger partial charge in [-0.3, -0.25) is 0 Å². The van der Waals surface area contributed by atoms with E-state index in [1.54, 1.807) is 0 Å². The van der Waals surface area contributed by atoms with Crippen LogP contribution in [0.2, 0.25) is 0 Å². The lowest BCUT2D eigenvalue weighted by Crippen LogP contribution is -2.47. The minimum Gasteiger partial charge on any atom is -0.458 e. The Bertz CT molecular complexity index is 386. The van der Waals surface area contributed by atoms with Crippen LogP contribution in [0.4, 0.5) is 4.79 Å². The number of amides is 1. The SMILES string of the molecule is CC(C)(C)OC(=O)COCC1CC(NC(=O)OC(C)(C)C)C1. The van der Waals surface area contributed by atoms with Crippen molar-refractivity contribution in [2.75, 3.05) is 13.2 Å². The van der Waals surface area contributed by atoms with Crippen LogP contribution in [-0.2, 0) is 19.0 Å². The van der Waals surface area contributed by atoms with Crippen molar-refractivity contribution >= 4 is 12.1 Å². The summed E-state index contributed by atoms with van der Waals surface area (Å²) in [4.78, 5) is 23.0. The Kier molecular flexibility index (Phi) is 6.23. The molecule has 0 radical (unpaired) electrons. The molecule has 1 rings (SSSR count). The number of carbonyl (C=O) groups excluding carboxylic acids is 2. The highest BCUT2D eigenvalue weighted by molar-refractivity contribution is 5.71. The minimum absolute atomic E-state index is 0.0298. The van der Waals surface area contributed by atoms with Gasteiger partial charge >= 0.3 is 12.1 Å². The van der Waals surface area contributed by atoms with Gasteiger partial charge in [-0.05, 0) is 60.3 Å². The van der Waals surface area contributed by atoms with Gasteiger partial charge in [0.05, 0.1) is 6.61 Å². The van der Waals surface area contributed by atoms with E-state index in [4.69, 9.17) is 14.2 Å². The molecule has 1 amide bonds. The van der Waals surface area contributed by atoms with Crippen molar-refractivity contribution in [3.63, 3.8) is 0 Å². The third kappa shape index (κ3) is 8.22. The third-order valence-electron chi connectivity index (χ3n) is 2.95. The van der Waals surface area contributed by atoms with Gasteiger partial charge in [-0.2, -0.15) is 0 Å². The van der Waals surface area contributed by atoms with Crippen LogP contribution in [0, 0.1) is 5.92 Å². The van der Waals surface area contributed by atoms with E-state index in [-0.39, 0.29) is 24.7 Å². The standard InChI is InChI=1S/C16H29NO5/c1-15(2,3)21-13(18)10-20-9-11-7-12(8-11)17-14(19)22-16(4,5)6/h11-12H,7-10H2,1-6H3,(H,17,19). The van der Waals surface area contributed by atoms with E-state index in [1.165, 1.54) is 0 Å². The first-order valence-electron chi connectivity index (χ1n) is 7.74. The van der Waals surface area contributed by atoms with Gasteiger partial charge in [0.1, 0.15) is 17.8 Å². The van der Waals surface area contributed by atoms with Crippen LogP contribution in [-0.4, -0.2) is 42.5 Å². The zero-order valence-corrected chi connectivity index (χ0v) is 14.5. The van der Waals surface area contributed by atoms with Gasteiger partial charge in [0.25, 0.3) is 0 Å². The molecule has 1 aliphatic rings. The van der Waals surface area contributed by atoms with Gasteiger partial charge in [0.15, 0.2) is 0 Å². The molecule has 1 saturated carbocycles. The summed E-state index contributed by atoms with van der Waals surface area (Å²) in [7, 11) is 0. The Morgan fingerprint density at radius 1 is 1.00 bits per heavy atom. The molecule has 0 aromatic heterocycles. The first-order valence-corrected chi connectivity index (χ1v) is 7.74. The van der Waals surface area contributed by atoms with E-state index < -0.39 is 11.2 Å². The molecule has 128 valence electrons. The maximum absolute atomic E-state index is 11.6. The van der Waals surface area contributed by atoms with E-state index >= 15 is 0 Å². The molecule has 0 bridgehead atoms. The highest BCUT2D eigenvalue weighted by atomic mass is 16.6. The largest absolute Gasteiger partial charge is 0.458 e. The number of ether oxygens (including phenoxy) is 3. The lowest BCUT2D eigenvalue weighted by atomic mass is 9.81. The highest BCUT2D eigenvalue weighted by Crippen LogP contribution is 2.27. The fourth-order valence-electron chi connectivity index (χ4n) is 2.14. The molecule has 22 heavy (non-hydrogen) atoms. The Labute approximate surface area is 132 Å². The molecule has 0 unspecified atom stereocenters. The average Bonchev–Trinajstić information content (AvgIpc) is 2.19. The van der Waals surface area contributed by atoms with Crippen LogP contribution in [0.5, 0.6) is 0 Å². The van der Waals surface area contributed by atoms with Crippen molar-refractivity contribution in [3.05, 3.63) is 0 Å². The maximum atomic E-state index is 11.6. The number of carbonyl (C=O) groups is 2. The van der Waals surface area contributed by atoms with Crippen molar-refractivity contribution in [1.82, 2.24) is 5.32 Å². The van der Waals surface area contributed by atoms with E-state index in [2.05, 4.69) is 5.32 Å². The second kappa shape index (κ2) is 7.31. The molecule has 0 aliphatic heterocycles. The summed E-state index contributed by atoms with van der Waals surface area (Å²) in [5, 5.41) is 2.82. The van der Waals surface area contributed by atoms with Gasteiger partial charge in [0.2, 0.25) is 0 Å². The van der Waals surface area contributed by atoms with Gasteiger partial charge in [-0.25, -0.2) is 9.59 Å². The second-order valence-electron chi connectivity index (χ2n) is 7.78. The third-order valence-corrected chi connectivity index (χ3v) is 2.95. The predicted molar refractivity (Wildman–Crippen MR) is 82.5 cm³/mol. The summed E-state index contributed by atoms with van der Waals surface area (Å²) in [5.41, 5.74) is -0.969. The van der Waals surface area contributed by atoms with Crippen LogP contribution < -0.4 is 5.32 Å². The molecule has 0 aromatic carbocycles. The molecular weight excluding hydrogens is 286 g/mol. The number of hydrogen-bond donors (Lipinski definition) is 1. The van der Waals surface area contributed by atoms with Crippen LogP contribution in [0.15, 0.2) is 0 Å². The smallest absolute Gasteiger partial charge is 0.407 e. The van der Waals surface area contributed by atoms with Crippen LogP contribution in [0.25, 0.3) is 0 Å². The van der Waals surface area contributed by atoms with Crippen molar-refractivity contribution in [2.24, 2.45) is 5.92 Å². The monoisotopic (exact) mass is 315 g/mol. The van der Waals surface area contributed by atoms with Gasteiger partial charge in [-0.1, -0.05) is 0 Å².